The van der Waals surface area contributed by atoms with Crippen LogP contribution in [-0.4, -0.2) is 35.4 Å². The van der Waals surface area contributed by atoms with Gasteiger partial charge in [0, 0.05) is 11.1 Å². The van der Waals surface area contributed by atoms with Crippen molar-refractivity contribution in [1.82, 2.24) is 4.90 Å². The van der Waals surface area contributed by atoms with Crippen LogP contribution in [0.3, 0.4) is 0 Å². The summed E-state index contributed by atoms with van der Waals surface area (Å²) in [5, 5.41) is 9.57. The molecule has 84 valence electrons. The van der Waals surface area contributed by atoms with Gasteiger partial charge < -0.3 is 14.6 Å². The van der Waals surface area contributed by atoms with Gasteiger partial charge in [0.2, 0.25) is 0 Å². The Morgan fingerprint density at radius 1 is 1.19 bits per heavy atom. The fourth-order valence-electron chi connectivity index (χ4n) is 3.05. The monoisotopic (exact) mass is 219 g/mol. The first-order valence-corrected chi connectivity index (χ1v) is 5.57. The maximum absolute atomic E-state index is 9.57. The van der Waals surface area contributed by atoms with Gasteiger partial charge in [0.1, 0.15) is 12.5 Å². The molecule has 2 fully saturated rings. The zero-order chi connectivity index (χ0) is 10.8. The molecule has 0 aromatic heterocycles. The normalized spacial score (nSPS) is 40.1. The molecule has 1 aromatic rings. The SMILES string of the molecule is OCC12CO[C@@H]3c4ccccc4[C@H](OC1)N32. The number of ether oxygens (including phenoxy) is 2. The molecular weight excluding hydrogens is 206 g/mol. The van der Waals surface area contributed by atoms with Crippen LogP contribution in [-0.2, 0) is 9.47 Å². The van der Waals surface area contributed by atoms with Crippen molar-refractivity contribution in [3.8, 4) is 0 Å². The number of aliphatic hydroxyl groups is 1. The van der Waals surface area contributed by atoms with Crippen LogP contribution in [0.5, 0.6) is 0 Å². The number of benzene rings is 1. The van der Waals surface area contributed by atoms with E-state index in [1.807, 2.05) is 12.1 Å². The van der Waals surface area contributed by atoms with Gasteiger partial charge in [-0.2, -0.15) is 0 Å². The first kappa shape index (κ1) is 9.13. The van der Waals surface area contributed by atoms with Crippen molar-refractivity contribution in [1.29, 1.82) is 0 Å². The number of fused-ring (bicyclic) bond motifs is 3. The summed E-state index contributed by atoms with van der Waals surface area (Å²) < 4.78 is 11.6. The fourth-order valence-corrected chi connectivity index (χ4v) is 3.05. The van der Waals surface area contributed by atoms with E-state index < -0.39 is 0 Å². The molecule has 16 heavy (non-hydrogen) atoms. The Morgan fingerprint density at radius 3 is 2.25 bits per heavy atom. The molecule has 2 saturated heterocycles. The van der Waals surface area contributed by atoms with E-state index in [-0.39, 0.29) is 24.6 Å². The molecule has 3 aliphatic heterocycles. The Morgan fingerprint density at radius 2 is 1.75 bits per heavy atom. The molecule has 4 rings (SSSR count). The minimum absolute atomic E-state index is 0.0316. The summed E-state index contributed by atoms with van der Waals surface area (Å²) in [5.41, 5.74) is 2.04. The van der Waals surface area contributed by atoms with Gasteiger partial charge in [-0.25, -0.2) is 4.90 Å². The van der Waals surface area contributed by atoms with Gasteiger partial charge >= 0.3 is 0 Å². The first-order valence-electron chi connectivity index (χ1n) is 5.57. The zero-order valence-electron chi connectivity index (χ0n) is 8.80. The number of nitrogens with zero attached hydrogens (tertiary/aromatic N) is 1. The molecule has 4 heteroatoms. The summed E-state index contributed by atoms with van der Waals surface area (Å²) in [5.74, 6) is 0. The van der Waals surface area contributed by atoms with Gasteiger partial charge in [-0.05, 0) is 0 Å². The van der Waals surface area contributed by atoms with E-state index in [4.69, 9.17) is 9.47 Å². The van der Waals surface area contributed by atoms with Gasteiger partial charge in [-0.15, -0.1) is 0 Å². The molecule has 0 spiro atoms. The quantitative estimate of drug-likeness (QED) is 0.758. The van der Waals surface area contributed by atoms with Gasteiger partial charge in [0.15, 0.2) is 0 Å². The van der Waals surface area contributed by atoms with Crippen LogP contribution in [0.15, 0.2) is 24.3 Å². The predicted molar refractivity (Wildman–Crippen MR) is 55.5 cm³/mol. The number of hydrogen-bond acceptors (Lipinski definition) is 4. The van der Waals surface area contributed by atoms with Crippen molar-refractivity contribution >= 4 is 0 Å². The zero-order valence-corrected chi connectivity index (χ0v) is 8.80. The third-order valence-corrected chi connectivity index (χ3v) is 3.90. The van der Waals surface area contributed by atoms with E-state index in [0.717, 1.165) is 0 Å². The number of hydrogen-bond donors (Lipinski definition) is 1. The van der Waals surface area contributed by atoms with E-state index in [9.17, 15) is 5.11 Å². The third-order valence-electron chi connectivity index (χ3n) is 3.90. The lowest BCUT2D eigenvalue weighted by atomic mass is 10.0. The Kier molecular flexibility index (Phi) is 1.62. The lowest BCUT2D eigenvalue weighted by molar-refractivity contribution is -0.0394. The molecule has 0 bridgehead atoms. The Hall–Kier alpha value is -0.940. The maximum atomic E-state index is 9.57. The average molecular weight is 219 g/mol. The smallest absolute Gasteiger partial charge is 0.140 e. The average Bonchev–Trinajstić information content (AvgIpc) is 2.96. The molecule has 0 saturated carbocycles. The highest BCUT2D eigenvalue weighted by atomic mass is 16.6. The second-order valence-electron chi connectivity index (χ2n) is 4.75. The van der Waals surface area contributed by atoms with E-state index in [2.05, 4.69) is 17.0 Å². The van der Waals surface area contributed by atoms with Crippen molar-refractivity contribution in [2.75, 3.05) is 19.8 Å². The molecular formula is C12H13NO3. The summed E-state index contributed by atoms with van der Waals surface area (Å²) in [7, 11) is 0. The van der Waals surface area contributed by atoms with Crippen molar-refractivity contribution in [3.05, 3.63) is 35.4 Å². The lowest BCUT2D eigenvalue weighted by Gasteiger charge is -2.27. The van der Waals surface area contributed by atoms with Crippen molar-refractivity contribution in [2.45, 2.75) is 18.0 Å². The van der Waals surface area contributed by atoms with Gasteiger partial charge in [-0.1, -0.05) is 24.3 Å². The van der Waals surface area contributed by atoms with Crippen molar-refractivity contribution < 1.29 is 14.6 Å². The van der Waals surface area contributed by atoms with Gasteiger partial charge in [0.05, 0.1) is 25.4 Å². The molecule has 1 unspecified atom stereocenters. The van der Waals surface area contributed by atoms with Gasteiger partial charge in [0.25, 0.3) is 0 Å². The molecule has 1 N–H and O–H groups in total. The van der Waals surface area contributed by atoms with E-state index >= 15 is 0 Å². The second kappa shape index (κ2) is 2.84. The summed E-state index contributed by atoms with van der Waals surface area (Å²) in [6.07, 6.45) is -0.0632. The Bertz CT molecular complexity index is 413. The molecule has 3 aliphatic rings. The molecule has 0 amide bonds. The molecule has 3 heterocycles. The summed E-state index contributed by atoms with van der Waals surface area (Å²) in [6.45, 7) is 1.20. The van der Waals surface area contributed by atoms with Gasteiger partial charge in [-0.3, -0.25) is 0 Å². The molecule has 0 radical (unpaired) electrons. The maximum Gasteiger partial charge on any atom is 0.140 e. The number of rotatable bonds is 1. The van der Waals surface area contributed by atoms with Crippen molar-refractivity contribution in [3.63, 3.8) is 0 Å². The summed E-state index contributed by atoms with van der Waals surface area (Å²) in [6, 6.07) is 8.19. The van der Waals surface area contributed by atoms with Crippen LogP contribution in [0.25, 0.3) is 0 Å². The van der Waals surface area contributed by atoms with Crippen LogP contribution >= 0.6 is 0 Å². The Balaban J connectivity index is 1.88. The highest BCUT2D eigenvalue weighted by molar-refractivity contribution is 5.38. The predicted octanol–water partition coefficient (Wildman–Crippen LogP) is 0.791. The van der Waals surface area contributed by atoms with Crippen LogP contribution in [0.2, 0.25) is 0 Å². The van der Waals surface area contributed by atoms with E-state index in [1.54, 1.807) is 0 Å². The topological polar surface area (TPSA) is 41.9 Å². The van der Waals surface area contributed by atoms with Crippen LogP contribution < -0.4 is 0 Å². The molecule has 4 nitrogen and oxygen atoms in total. The minimum Gasteiger partial charge on any atom is -0.394 e. The molecule has 1 aromatic carbocycles. The minimum atomic E-state index is -0.325. The second-order valence-corrected chi connectivity index (χ2v) is 4.75. The Labute approximate surface area is 93.4 Å². The number of aliphatic hydroxyl groups excluding tert-OH is 1. The van der Waals surface area contributed by atoms with Crippen LogP contribution in [0.4, 0.5) is 0 Å². The van der Waals surface area contributed by atoms with E-state index in [0.29, 0.717) is 13.2 Å². The molecule has 0 aliphatic carbocycles. The van der Waals surface area contributed by atoms with Crippen LogP contribution in [0.1, 0.15) is 23.6 Å². The summed E-state index contributed by atoms with van der Waals surface area (Å²) in [4.78, 5) is 2.18. The van der Waals surface area contributed by atoms with Crippen molar-refractivity contribution in [2.24, 2.45) is 0 Å². The first-order chi connectivity index (χ1) is 7.86. The third kappa shape index (κ3) is 0.858. The van der Waals surface area contributed by atoms with E-state index in [1.165, 1.54) is 11.1 Å². The highest BCUT2D eigenvalue weighted by Crippen LogP contribution is 2.55. The molecule has 3 atom stereocenters. The van der Waals surface area contributed by atoms with Crippen LogP contribution in [0, 0.1) is 0 Å². The standard InChI is InChI=1S/C12H13NO3/c14-5-12-6-15-10-8-3-1-2-4-9(8)11(13(10)12)16-7-12/h1-4,10-11,14H,5-7H2/t10-,11+,12?. The highest BCUT2D eigenvalue weighted by Gasteiger charge is 2.60. The summed E-state index contributed by atoms with van der Waals surface area (Å²) >= 11 is 0. The largest absolute Gasteiger partial charge is 0.394 e. The lowest BCUT2D eigenvalue weighted by Crippen LogP contribution is -2.46. The fraction of sp³-hybridized carbons (Fsp3) is 0.500.